The van der Waals surface area contributed by atoms with Crippen LogP contribution in [-0.4, -0.2) is 26.1 Å². The van der Waals surface area contributed by atoms with Crippen LogP contribution in [0.25, 0.3) is 0 Å². The lowest BCUT2D eigenvalue weighted by molar-refractivity contribution is 0.304. The zero-order valence-electron chi connectivity index (χ0n) is 10.8. The van der Waals surface area contributed by atoms with Crippen LogP contribution in [0.5, 0.6) is 0 Å². The maximum atomic E-state index is 12.1. The second kappa shape index (κ2) is 6.39. The lowest BCUT2D eigenvalue weighted by atomic mass is 9.85. The molecule has 0 saturated heterocycles. The topological polar surface area (TPSA) is 46.2 Å². The molecular weight excluding hydrogens is 258 g/mol. The Kier molecular flexibility index (Phi) is 5.74. The molecule has 1 aliphatic carbocycles. The maximum Gasteiger partial charge on any atom is 0.214 e. The molecule has 0 spiro atoms. The standard InChI is InChI=1S/C12H24ClNO2S/c1-3-12(4-2,9-13)10-14-17(15,16)11-7-5-6-8-11/h11,14H,3-10H2,1-2H3. The quantitative estimate of drug-likeness (QED) is 0.730. The summed E-state index contributed by atoms with van der Waals surface area (Å²) in [6.45, 7) is 4.60. The number of rotatable bonds is 7. The first kappa shape index (κ1) is 15.3. The molecule has 0 unspecified atom stereocenters. The van der Waals surface area contributed by atoms with E-state index in [1.165, 1.54) is 0 Å². The molecular formula is C12H24ClNO2S. The third kappa shape index (κ3) is 3.83. The lowest BCUT2D eigenvalue weighted by Gasteiger charge is -2.30. The van der Waals surface area contributed by atoms with Crippen molar-refractivity contribution >= 4 is 21.6 Å². The lowest BCUT2D eigenvalue weighted by Crippen LogP contribution is -2.41. The highest BCUT2D eigenvalue weighted by molar-refractivity contribution is 7.90. The predicted molar refractivity (Wildman–Crippen MR) is 72.9 cm³/mol. The first-order valence-electron chi connectivity index (χ1n) is 6.54. The van der Waals surface area contributed by atoms with Crippen LogP contribution in [0.4, 0.5) is 0 Å². The minimum Gasteiger partial charge on any atom is -0.214 e. The van der Waals surface area contributed by atoms with Crippen molar-refractivity contribution in [1.82, 2.24) is 4.72 Å². The summed E-state index contributed by atoms with van der Waals surface area (Å²) in [5, 5.41) is -0.177. The fourth-order valence-corrected chi connectivity index (χ4v) is 4.48. The van der Waals surface area contributed by atoms with Gasteiger partial charge in [0.15, 0.2) is 0 Å². The average molecular weight is 282 g/mol. The van der Waals surface area contributed by atoms with E-state index in [1.807, 2.05) is 0 Å². The highest BCUT2D eigenvalue weighted by atomic mass is 35.5. The zero-order chi connectivity index (χ0) is 12.9. The van der Waals surface area contributed by atoms with Gasteiger partial charge in [-0.15, -0.1) is 11.6 Å². The molecule has 102 valence electrons. The summed E-state index contributed by atoms with van der Waals surface area (Å²) in [5.74, 6) is 0.507. The predicted octanol–water partition coefficient (Wildman–Crippen LogP) is 2.89. The van der Waals surface area contributed by atoms with Crippen LogP contribution in [0.1, 0.15) is 52.4 Å². The van der Waals surface area contributed by atoms with Gasteiger partial charge < -0.3 is 0 Å². The number of hydrogen-bond donors (Lipinski definition) is 1. The molecule has 1 saturated carbocycles. The third-order valence-corrected chi connectivity index (χ3v) is 6.64. The number of nitrogens with one attached hydrogen (secondary N) is 1. The van der Waals surface area contributed by atoms with Gasteiger partial charge in [0.25, 0.3) is 0 Å². The Morgan fingerprint density at radius 3 is 2.18 bits per heavy atom. The molecule has 0 aromatic rings. The van der Waals surface area contributed by atoms with Crippen molar-refractivity contribution in [3.05, 3.63) is 0 Å². The van der Waals surface area contributed by atoms with E-state index in [1.54, 1.807) is 0 Å². The second-order valence-electron chi connectivity index (χ2n) is 5.11. The Morgan fingerprint density at radius 1 is 1.24 bits per heavy atom. The third-order valence-electron chi connectivity index (χ3n) is 4.17. The van der Waals surface area contributed by atoms with Crippen molar-refractivity contribution < 1.29 is 8.42 Å². The van der Waals surface area contributed by atoms with Gasteiger partial charge in [-0.25, -0.2) is 13.1 Å². The van der Waals surface area contributed by atoms with Gasteiger partial charge in [0.1, 0.15) is 0 Å². The van der Waals surface area contributed by atoms with E-state index in [4.69, 9.17) is 11.6 Å². The van der Waals surface area contributed by atoms with Crippen molar-refractivity contribution in [1.29, 1.82) is 0 Å². The summed E-state index contributed by atoms with van der Waals surface area (Å²) in [4.78, 5) is 0. The molecule has 0 heterocycles. The Hall–Kier alpha value is 0.200. The molecule has 0 aliphatic heterocycles. The molecule has 0 atom stereocenters. The molecule has 1 aliphatic rings. The summed E-state index contributed by atoms with van der Waals surface area (Å²) in [6.07, 6.45) is 5.49. The summed E-state index contributed by atoms with van der Waals surface area (Å²) in [7, 11) is -3.13. The van der Waals surface area contributed by atoms with Crippen molar-refractivity contribution in [2.75, 3.05) is 12.4 Å². The Bertz CT molecular complexity index is 311. The molecule has 17 heavy (non-hydrogen) atoms. The molecule has 3 nitrogen and oxygen atoms in total. The van der Waals surface area contributed by atoms with Gasteiger partial charge >= 0.3 is 0 Å². The molecule has 0 aromatic heterocycles. The number of halogens is 1. The molecule has 1 rings (SSSR count). The average Bonchev–Trinajstić information content (AvgIpc) is 2.86. The van der Waals surface area contributed by atoms with Gasteiger partial charge in [-0.1, -0.05) is 26.7 Å². The SMILES string of the molecule is CCC(CC)(CCl)CNS(=O)(=O)C1CCCC1. The largest absolute Gasteiger partial charge is 0.214 e. The van der Waals surface area contributed by atoms with Gasteiger partial charge in [0.2, 0.25) is 10.0 Å². The summed E-state index contributed by atoms with van der Waals surface area (Å²) >= 11 is 5.98. The molecule has 0 amide bonds. The van der Waals surface area contributed by atoms with Gasteiger partial charge in [-0.05, 0) is 31.1 Å². The van der Waals surface area contributed by atoms with Gasteiger partial charge in [-0.3, -0.25) is 0 Å². The Morgan fingerprint density at radius 2 is 1.76 bits per heavy atom. The van der Waals surface area contributed by atoms with Crippen molar-refractivity contribution in [2.45, 2.75) is 57.6 Å². The number of alkyl halides is 1. The van der Waals surface area contributed by atoms with E-state index in [2.05, 4.69) is 18.6 Å². The summed E-state index contributed by atoms with van der Waals surface area (Å²) < 4.78 is 26.9. The van der Waals surface area contributed by atoms with Crippen LogP contribution in [-0.2, 0) is 10.0 Å². The monoisotopic (exact) mass is 281 g/mol. The van der Waals surface area contributed by atoms with Crippen LogP contribution in [0.3, 0.4) is 0 Å². The summed E-state index contributed by atoms with van der Waals surface area (Å²) in [6, 6.07) is 0. The fraction of sp³-hybridized carbons (Fsp3) is 1.00. The van der Waals surface area contributed by atoms with Crippen LogP contribution in [0.15, 0.2) is 0 Å². The van der Waals surface area contributed by atoms with E-state index >= 15 is 0 Å². The number of sulfonamides is 1. The molecule has 0 aromatic carbocycles. The Labute approximate surface area is 110 Å². The molecule has 0 bridgehead atoms. The van der Waals surface area contributed by atoms with Crippen molar-refractivity contribution in [2.24, 2.45) is 5.41 Å². The Balaban J connectivity index is 2.59. The first-order valence-corrected chi connectivity index (χ1v) is 8.62. The zero-order valence-corrected chi connectivity index (χ0v) is 12.4. The van der Waals surface area contributed by atoms with Crippen LogP contribution in [0, 0.1) is 5.41 Å². The minimum atomic E-state index is -3.13. The number of hydrogen-bond acceptors (Lipinski definition) is 2. The minimum absolute atomic E-state index is 0.0900. The van der Waals surface area contributed by atoms with Gasteiger partial charge in [0.05, 0.1) is 5.25 Å². The first-order chi connectivity index (χ1) is 7.99. The molecule has 5 heteroatoms. The molecule has 1 fully saturated rings. The fourth-order valence-electron chi connectivity index (χ4n) is 2.31. The normalized spacial score (nSPS) is 18.8. The van der Waals surface area contributed by atoms with E-state index in [-0.39, 0.29) is 10.7 Å². The van der Waals surface area contributed by atoms with E-state index < -0.39 is 10.0 Å². The van der Waals surface area contributed by atoms with Crippen LogP contribution < -0.4 is 4.72 Å². The molecule has 0 radical (unpaired) electrons. The van der Waals surface area contributed by atoms with Crippen LogP contribution >= 0.6 is 11.6 Å². The van der Waals surface area contributed by atoms with E-state index in [9.17, 15) is 8.42 Å². The van der Waals surface area contributed by atoms with E-state index in [0.717, 1.165) is 38.5 Å². The van der Waals surface area contributed by atoms with E-state index in [0.29, 0.717) is 12.4 Å². The molecule has 1 N–H and O–H groups in total. The smallest absolute Gasteiger partial charge is 0.214 e. The maximum absolute atomic E-state index is 12.1. The second-order valence-corrected chi connectivity index (χ2v) is 7.43. The highest BCUT2D eigenvalue weighted by Crippen LogP contribution is 2.29. The van der Waals surface area contributed by atoms with Crippen molar-refractivity contribution in [3.63, 3.8) is 0 Å². The van der Waals surface area contributed by atoms with Crippen molar-refractivity contribution in [3.8, 4) is 0 Å². The van der Waals surface area contributed by atoms with Gasteiger partial charge in [-0.2, -0.15) is 0 Å². The van der Waals surface area contributed by atoms with Crippen LogP contribution in [0.2, 0.25) is 0 Å². The highest BCUT2D eigenvalue weighted by Gasteiger charge is 2.32. The van der Waals surface area contributed by atoms with Gasteiger partial charge in [0, 0.05) is 12.4 Å². The summed E-state index contributed by atoms with van der Waals surface area (Å²) in [5.41, 5.74) is -0.0900.